The fourth-order valence-electron chi connectivity index (χ4n) is 3.10. The number of hydrogen-bond acceptors (Lipinski definition) is 3. The molecule has 0 atom stereocenters. The largest absolute Gasteiger partial charge is 0.372 e. The molecule has 1 aliphatic carbocycles. The van der Waals surface area contributed by atoms with Gasteiger partial charge >= 0.3 is 0 Å². The third-order valence-corrected chi connectivity index (χ3v) is 4.72. The Kier molecular flexibility index (Phi) is 7.09. The van der Waals surface area contributed by atoms with Crippen molar-refractivity contribution in [3.8, 4) is 0 Å². The van der Waals surface area contributed by atoms with Gasteiger partial charge in [0.15, 0.2) is 0 Å². The monoisotopic (exact) mass is 331 g/mol. The van der Waals surface area contributed by atoms with Crippen LogP contribution < -0.4 is 15.5 Å². The number of nitrogens with zero attached hydrogens (tertiary/aromatic N) is 1. The van der Waals surface area contributed by atoms with Crippen molar-refractivity contribution in [2.45, 2.75) is 58.0 Å². The molecule has 0 aliphatic heterocycles. The van der Waals surface area contributed by atoms with Crippen LogP contribution in [0.5, 0.6) is 0 Å². The van der Waals surface area contributed by atoms with Crippen LogP contribution in [-0.4, -0.2) is 31.4 Å². The molecule has 0 aromatic heterocycles. The van der Waals surface area contributed by atoms with E-state index in [0.717, 1.165) is 5.56 Å². The van der Waals surface area contributed by atoms with Gasteiger partial charge in [0.1, 0.15) is 0 Å². The molecule has 2 rings (SSSR count). The Bertz CT molecular complexity index is 536. The maximum absolute atomic E-state index is 11.7. The van der Waals surface area contributed by atoms with E-state index in [-0.39, 0.29) is 18.4 Å². The highest BCUT2D eigenvalue weighted by Crippen LogP contribution is 2.26. The minimum Gasteiger partial charge on any atom is -0.372 e. The summed E-state index contributed by atoms with van der Waals surface area (Å²) < 4.78 is 0. The molecule has 2 N–H and O–H groups in total. The fourth-order valence-corrected chi connectivity index (χ4v) is 3.10. The van der Waals surface area contributed by atoms with Gasteiger partial charge in [-0.1, -0.05) is 38.3 Å². The zero-order valence-electron chi connectivity index (χ0n) is 14.8. The van der Waals surface area contributed by atoms with Crippen LogP contribution in [0.4, 0.5) is 5.69 Å². The lowest BCUT2D eigenvalue weighted by Crippen LogP contribution is -2.36. The fraction of sp³-hybridized carbons (Fsp3) is 0.579. The Morgan fingerprint density at radius 3 is 2.33 bits per heavy atom. The van der Waals surface area contributed by atoms with Crippen LogP contribution in [0.2, 0.25) is 0 Å². The van der Waals surface area contributed by atoms with Crippen LogP contribution in [0.15, 0.2) is 24.3 Å². The summed E-state index contributed by atoms with van der Waals surface area (Å²) >= 11 is 0. The van der Waals surface area contributed by atoms with Crippen LogP contribution in [0.25, 0.3) is 0 Å². The second kappa shape index (κ2) is 9.30. The van der Waals surface area contributed by atoms with E-state index in [4.69, 9.17) is 0 Å². The van der Waals surface area contributed by atoms with Crippen LogP contribution in [0, 0.1) is 0 Å². The van der Waals surface area contributed by atoms with Gasteiger partial charge in [-0.15, -0.1) is 0 Å². The van der Waals surface area contributed by atoms with Crippen molar-refractivity contribution in [2.24, 2.45) is 0 Å². The molecule has 0 saturated heterocycles. The Hall–Kier alpha value is -2.04. The molecule has 0 spiro atoms. The second-order valence-electron chi connectivity index (χ2n) is 6.48. The maximum Gasteiger partial charge on any atom is 0.239 e. The van der Waals surface area contributed by atoms with Gasteiger partial charge in [0.2, 0.25) is 11.8 Å². The van der Waals surface area contributed by atoms with Crippen molar-refractivity contribution in [3.63, 3.8) is 0 Å². The first kappa shape index (κ1) is 18.3. The minimum atomic E-state index is -0.166. The number of carbonyl (C=O) groups is 2. The molecule has 0 heterocycles. The summed E-state index contributed by atoms with van der Waals surface area (Å²) in [5.41, 5.74) is 2.29. The molecular weight excluding hydrogens is 302 g/mol. The smallest absolute Gasteiger partial charge is 0.239 e. The molecule has 5 heteroatoms. The van der Waals surface area contributed by atoms with Crippen molar-refractivity contribution in [1.82, 2.24) is 10.6 Å². The van der Waals surface area contributed by atoms with Gasteiger partial charge in [0, 0.05) is 31.7 Å². The molecule has 1 saturated carbocycles. The van der Waals surface area contributed by atoms with Crippen molar-refractivity contribution >= 4 is 17.5 Å². The lowest BCUT2D eigenvalue weighted by Gasteiger charge is -2.33. The molecule has 24 heavy (non-hydrogen) atoms. The minimum absolute atomic E-state index is 0.0369. The van der Waals surface area contributed by atoms with Crippen molar-refractivity contribution in [1.29, 1.82) is 0 Å². The zero-order valence-corrected chi connectivity index (χ0v) is 14.8. The summed E-state index contributed by atoms with van der Waals surface area (Å²) in [4.78, 5) is 25.2. The number of carbonyl (C=O) groups excluding carboxylic acids is 2. The maximum atomic E-state index is 11.7. The SMILES string of the molecule is CCC(=O)NCC(=O)NCc1ccc(N(C)C2CCCCC2)cc1. The van der Waals surface area contributed by atoms with E-state index in [2.05, 4.69) is 46.8 Å². The first-order chi connectivity index (χ1) is 11.6. The van der Waals surface area contributed by atoms with Crippen LogP contribution in [-0.2, 0) is 16.1 Å². The number of rotatable bonds is 7. The first-order valence-corrected chi connectivity index (χ1v) is 8.95. The van der Waals surface area contributed by atoms with Gasteiger partial charge in [-0.3, -0.25) is 9.59 Å². The summed E-state index contributed by atoms with van der Waals surface area (Å²) in [7, 11) is 2.17. The predicted octanol–water partition coefficient (Wildman–Crippen LogP) is 2.60. The summed E-state index contributed by atoms with van der Waals surface area (Å²) in [5, 5.41) is 5.39. The number of nitrogens with one attached hydrogen (secondary N) is 2. The standard InChI is InChI=1S/C19H29N3O2/c1-3-18(23)21-14-19(24)20-13-15-9-11-17(12-10-15)22(2)16-7-5-4-6-8-16/h9-12,16H,3-8,13-14H2,1-2H3,(H,20,24)(H,21,23). The van der Waals surface area contributed by atoms with Gasteiger partial charge in [-0.2, -0.15) is 0 Å². The molecule has 1 aromatic rings. The lowest BCUT2D eigenvalue weighted by molar-refractivity contribution is -0.126. The van der Waals surface area contributed by atoms with Gasteiger partial charge in [0.25, 0.3) is 0 Å². The molecule has 2 amide bonds. The zero-order chi connectivity index (χ0) is 17.4. The highest BCUT2D eigenvalue weighted by Gasteiger charge is 2.18. The number of amides is 2. The number of hydrogen-bond donors (Lipinski definition) is 2. The Morgan fingerprint density at radius 2 is 1.71 bits per heavy atom. The molecule has 1 aliphatic rings. The van der Waals surface area contributed by atoms with Gasteiger partial charge in [-0.25, -0.2) is 0 Å². The van der Waals surface area contributed by atoms with E-state index in [1.54, 1.807) is 6.92 Å². The molecule has 5 nitrogen and oxygen atoms in total. The van der Waals surface area contributed by atoms with Crippen molar-refractivity contribution in [2.75, 3.05) is 18.5 Å². The second-order valence-corrected chi connectivity index (χ2v) is 6.48. The topological polar surface area (TPSA) is 61.4 Å². The van der Waals surface area contributed by atoms with Crippen LogP contribution >= 0.6 is 0 Å². The van der Waals surface area contributed by atoms with E-state index in [1.807, 2.05) is 0 Å². The normalized spacial score (nSPS) is 14.9. The van der Waals surface area contributed by atoms with Gasteiger partial charge in [-0.05, 0) is 30.5 Å². The Labute approximate surface area is 144 Å². The highest BCUT2D eigenvalue weighted by molar-refractivity contribution is 5.84. The Morgan fingerprint density at radius 1 is 1.04 bits per heavy atom. The van der Waals surface area contributed by atoms with Crippen LogP contribution in [0.3, 0.4) is 0 Å². The highest BCUT2D eigenvalue weighted by atomic mass is 16.2. The third-order valence-electron chi connectivity index (χ3n) is 4.72. The molecule has 0 unspecified atom stereocenters. The number of anilines is 1. The summed E-state index contributed by atoms with van der Waals surface area (Å²) in [6.45, 7) is 2.28. The van der Waals surface area contributed by atoms with E-state index in [1.165, 1.54) is 37.8 Å². The summed E-state index contributed by atoms with van der Waals surface area (Å²) in [6, 6.07) is 9.00. The summed E-state index contributed by atoms with van der Waals surface area (Å²) in [5.74, 6) is -0.277. The molecule has 132 valence electrons. The third kappa shape index (κ3) is 5.55. The average Bonchev–Trinajstić information content (AvgIpc) is 2.64. The van der Waals surface area contributed by atoms with Crippen LogP contribution in [0.1, 0.15) is 51.0 Å². The first-order valence-electron chi connectivity index (χ1n) is 8.95. The molecule has 0 radical (unpaired) electrons. The Balaban J connectivity index is 1.79. The van der Waals surface area contributed by atoms with Crippen molar-refractivity contribution < 1.29 is 9.59 Å². The molecule has 1 aromatic carbocycles. The molecular formula is C19H29N3O2. The molecule has 0 bridgehead atoms. The van der Waals surface area contributed by atoms with E-state index in [0.29, 0.717) is 19.0 Å². The van der Waals surface area contributed by atoms with Gasteiger partial charge < -0.3 is 15.5 Å². The number of benzene rings is 1. The van der Waals surface area contributed by atoms with Crippen molar-refractivity contribution in [3.05, 3.63) is 29.8 Å². The summed E-state index contributed by atoms with van der Waals surface area (Å²) in [6.07, 6.45) is 6.96. The quantitative estimate of drug-likeness (QED) is 0.807. The van der Waals surface area contributed by atoms with Gasteiger partial charge in [0.05, 0.1) is 6.54 Å². The average molecular weight is 331 g/mol. The van der Waals surface area contributed by atoms with E-state index >= 15 is 0 Å². The van der Waals surface area contributed by atoms with E-state index in [9.17, 15) is 9.59 Å². The molecule has 1 fully saturated rings. The van der Waals surface area contributed by atoms with E-state index < -0.39 is 0 Å². The lowest BCUT2D eigenvalue weighted by atomic mass is 9.94. The predicted molar refractivity (Wildman–Crippen MR) is 96.9 cm³/mol.